The molecule has 17 heavy (non-hydrogen) atoms. The number of hydrogen-bond donors (Lipinski definition) is 1. The summed E-state index contributed by atoms with van der Waals surface area (Å²) in [6.07, 6.45) is 7.18. The van der Waals surface area contributed by atoms with Crippen molar-refractivity contribution < 1.29 is 0 Å². The molecule has 0 rings (SSSR count). The molecule has 3 heteroatoms. The number of rotatable bonds is 10. The molecule has 0 aromatic heterocycles. The van der Waals surface area contributed by atoms with Crippen molar-refractivity contribution in [2.45, 2.75) is 52.5 Å². The lowest BCUT2D eigenvalue weighted by molar-refractivity contribution is 0.222. The van der Waals surface area contributed by atoms with Gasteiger partial charge in [0.15, 0.2) is 0 Å². The van der Waals surface area contributed by atoms with Gasteiger partial charge >= 0.3 is 0 Å². The Balaban J connectivity index is 3.72. The van der Waals surface area contributed by atoms with Crippen LogP contribution in [0.25, 0.3) is 0 Å². The zero-order valence-electron chi connectivity index (χ0n) is 12.5. The summed E-state index contributed by atoms with van der Waals surface area (Å²) >= 11 is 1.94. The molecule has 0 aromatic carbocycles. The fourth-order valence-corrected chi connectivity index (χ4v) is 2.63. The van der Waals surface area contributed by atoms with Crippen molar-refractivity contribution in [1.29, 1.82) is 0 Å². The first-order valence-corrected chi connectivity index (χ1v) is 8.21. The van der Waals surface area contributed by atoms with Gasteiger partial charge in [-0.15, -0.1) is 0 Å². The van der Waals surface area contributed by atoms with E-state index < -0.39 is 0 Å². The van der Waals surface area contributed by atoms with Crippen LogP contribution in [0.5, 0.6) is 0 Å². The summed E-state index contributed by atoms with van der Waals surface area (Å²) < 4.78 is 0. The standard InChI is InChI=1S/C14H32N2S/c1-13(7-12-17-5)16(4)11-6-8-14(2,3)9-10-15/h13H,6-12,15H2,1-5H3. The minimum atomic E-state index is 0.415. The van der Waals surface area contributed by atoms with Crippen molar-refractivity contribution in [1.82, 2.24) is 4.90 Å². The van der Waals surface area contributed by atoms with E-state index in [4.69, 9.17) is 5.73 Å². The van der Waals surface area contributed by atoms with E-state index in [1.807, 2.05) is 11.8 Å². The third-order valence-electron chi connectivity index (χ3n) is 3.68. The highest BCUT2D eigenvalue weighted by Gasteiger charge is 2.17. The van der Waals surface area contributed by atoms with Crippen LogP contribution in [-0.4, -0.2) is 43.1 Å². The monoisotopic (exact) mass is 260 g/mol. The van der Waals surface area contributed by atoms with E-state index >= 15 is 0 Å². The van der Waals surface area contributed by atoms with Gasteiger partial charge in [-0.05, 0) is 70.2 Å². The van der Waals surface area contributed by atoms with Gasteiger partial charge in [-0.2, -0.15) is 11.8 Å². The van der Waals surface area contributed by atoms with Crippen LogP contribution >= 0.6 is 11.8 Å². The molecule has 104 valence electrons. The third kappa shape index (κ3) is 8.92. The van der Waals surface area contributed by atoms with E-state index in [0.717, 1.165) is 13.0 Å². The molecule has 0 bridgehead atoms. The predicted octanol–water partition coefficient (Wildman–Crippen LogP) is 3.22. The molecular formula is C14H32N2S. The van der Waals surface area contributed by atoms with Crippen LogP contribution in [0, 0.1) is 5.41 Å². The molecular weight excluding hydrogens is 228 g/mol. The van der Waals surface area contributed by atoms with Crippen LogP contribution < -0.4 is 5.73 Å². The van der Waals surface area contributed by atoms with Gasteiger partial charge in [-0.25, -0.2) is 0 Å². The molecule has 1 atom stereocenters. The normalized spacial score (nSPS) is 14.3. The van der Waals surface area contributed by atoms with Gasteiger partial charge in [0.25, 0.3) is 0 Å². The van der Waals surface area contributed by atoms with E-state index in [-0.39, 0.29) is 0 Å². The third-order valence-corrected chi connectivity index (χ3v) is 4.32. The van der Waals surface area contributed by atoms with E-state index in [9.17, 15) is 0 Å². The number of nitrogens with zero attached hydrogens (tertiary/aromatic N) is 1. The Morgan fingerprint density at radius 1 is 1.29 bits per heavy atom. The largest absolute Gasteiger partial charge is 0.330 e. The Hall–Kier alpha value is 0.270. The maximum atomic E-state index is 5.64. The van der Waals surface area contributed by atoms with Crippen LogP contribution in [0.1, 0.15) is 46.5 Å². The van der Waals surface area contributed by atoms with Gasteiger partial charge in [-0.1, -0.05) is 13.8 Å². The minimum Gasteiger partial charge on any atom is -0.330 e. The smallest absolute Gasteiger partial charge is 0.00717 e. The molecule has 0 aromatic rings. The molecule has 0 amide bonds. The van der Waals surface area contributed by atoms with Crippen LogP contribution in [0.3, 0.4) is 0 Å². The van der Waals surface area contributed by atoms with Crippen LogP contribution in [0.15, 0.2) is 0 Å². The Labute approximate surface area is 113 Å². The first-order chi connectivity index (χ1) is 7.93. The highest BCUT2D eigenvalue weighted by molar-refractivity contribution is 7.98. The summed E-state index contributed by atoms with van der Waals surface area (Å²) in [4.78, 5) is 2.49. The topological polar surface area (TPSA) is 29.3 Å². The van der Waals surface area contributed by atoms with Gasteiger partial charge in [0, 0.05) is 6.04 Å². The fourth-order valence-electron chi connectivity index (χ4n) is 2.05. The Bertz CT molecular complexity index is 183. The van der Waals surface area contributed by atoms with E-state index in [1.165, 1.54) is 31.6 Å². The van der Waals surface area contributed by atoms with Gasteiger partial charge < -0.3 is 10.6 Å². The van der Waals surface area contributed by atoms with Crippen molar-refractivity contribution in [3.8, 4) is 0 Å². The Kier molecular flexibility index (Phi) is 9.38. The van der Waals surface area contributed by atoms with Gasteiger partial charge in [-0.3, -0.25) is 0 Å². The maximum absolute atomic E-state index is 5.64. The SMILES string of the molecule is CSCCC(C)N(C)CCCC(C)(C)CCN. The molecule has 0 aliphatic heterocycles. The lowest BCUT2D eigenvalue weighted by Crippen LogP contribution is -2.31. The van der Waals surface area contributed by atoms with Gasteiger partial charge in [0.1, 0.15) is 0 Å². The first kappa shape index (κ1) is 17.3. The van der Waals surface area contributed by atoms with Crippen molar-refractivity contribution >= 4 is 11.8 Å². The predicted molar refractivity (Wildman–Crippen MR) is 81.8 cm³/mol. The van der Waals surface area contributed by atoms with E-state index in [0.29, 0.717) is 11.5 Å². The van der Waals surface area contributed by atoms with Gasteiger partial charge in [0.05, 0.1) is 0 Å². The Morgan fingerprint density at radius 2 is 1.94 bits per heavy atom. The number of thioether (sulfide) groups is 1. The lowest BCUT2D eigenvalue weighted by Gasteiger charge is -2.28. The molecule has 0 spiro atoms. The molecule has 0 radical (unpaired) electrons. The van der Waals surface area contributed by atoms with Crippen molar-refractivity contribution in [3.63, 3.8) is 0 Å². The highest BCUT2D eigenvalue weighted by atomic mass is 32.2. The fraction of sp³-hybridized carbons (Fsp3) is 1.00. The van der Waals surface area contributed by atoms with Crippen molar-refractivity contribution in [2.75, 3.05) is 32.1 Å². The molecule has 0 aliphatic carbocycles. The number of hydrogen-bond acceptors (Lipinski definition) is 3. The first-order valence-electron chi connectivity index (χ1n) is 6.82. The lowest BCUT2D eigenvalue weighted by atomic mass is 9.84. The summed E-state index contributed by atoms with van der Waals surface area (Å²) in [5, 5.41) is 0. The van der Waals surface area contributed by atoms with E-state index in [2.05, 4.69) is 39.0 Å². The maximum Gasteiger partial charge on any atom is 0.00717 e. The number of nitrogens with two attached hydrogens (primary N) is 1. The molecule has 2 N–H and O–H groups in total. The summed E-state index contributed by atoms with van der Waals surface area (Å²) in [6, 6.07) is 0.708. The summed E-state index contributed by atoms with van der Waals surface area (Å²) in [5.74, 6) is 1.27. The molecule has 1 unspecified atom stereocenters. The molecule has 0 aliphatic rings. The molecule has 0 saturated heterocycles. The average Bonchev–Trinajstić information content (AvgIpc) is 2.25. The summed E-state index contributed by atoms with van der Waals surface area (Å²) in [7, 11) is 2.25. The van der Waals surface area contributed by atoms with Gasteiger partial charge in [0.2, 0.25) is 0 Å². The minimum absolute atomic E-state index is 0.415. The van der Waals surface area contributed by atoms with Crippen LogP contribution in [0.4, 0.5) is 0 Å². The molecule has 0 saturated carbocycles. The second-order valence-electron chi connectivity index (χ2n) is 5.92. The second-order valence-corrected chi connectivity index (χ2v) is 6.90. The zero-order chi connectivity index (χ0) is 13.3. The van der Waals surface area contributed by atoms with Crippen molar-refractivity contribution in [2.24, 2.45) is 11.1 Å². The zero-order valence-corrected chi connectivity index (χ0v) is 13.3. The highest BCUT2D eigenvalue weighted by Crippen LogP contribution is 2.26. The average molecular weight is 260 g/mol. The van der Waals surface area contributed by atoms with E-state index in [1.54, 1.807) is 0 Å². The van der Waals surface area contributed by atoms with Crippen molar-refractivity contribution in [3.05, 3.63) is 0 Å². The molecule has 2 nitrogen and oxygen atoms in total. The molecule has 0 heterocycles. The van der Waals surface area contributed by atoms with Crippen LogP contribution in [-0.2, 0) is 0 Å². The summed E-state index contributed by atoms with van der Waals surface area (Å²) in [5.41, 5.74) is 6.05. The quantitative estimate of drug-likeness (QED) is 0.654. The van der Waals surface area contributed by atoms with Crippen LogP contribution in [0.2, 0.25) is 0 Å². The second kappa shape index (κ2) is 9.23. The summed E-state index contributed by atoms with van der Waals surface area (Å²) in [6.45, 7) is 9.02. The Morgan fingerprint density at radius 3 is 2.47 bits per heavy atom. The molecule has 0 fully saturated rings.